The standard InChI is InChI=1S/C17H15BrN2OS/c1-2-8-19-17(21)15-10-16-14(7-9-22-16)20(15)11-12-3-5-13(18)6-4-12/h2-7,9-10H,1,8,11H2,(H,19,21). The average molecular weight is 375 g/mol. The molecule has 0 unspecified atom stereocenters. The lowest BCUT2D eigenvalue weighted by molar-refractivity contribution is 0.0949. The lowest BCUT2D eigenvalue weighted by atomic mass is 10.2. The van der Waals surface area contributed by atoms with Crippen LogP contribution in [0.3, 0.4) is 0 Å². The zero-order chi connectivity index (χ0) is 15.5. The van der Waals surface area contributed by atoms with E-state index in [4.69, 9.17) is 0 Å². The molecule has 22 heavy (non-hydrogen) atoms. The summed E-state index contributed by atoms with van der Waals surface area (Å²) in [5.41, 5.74) is 2.94. The summed E-state index contributed by atoms with van der Waals surface area (Å²) in [6, 6.07) is 12.2. The third kappa shape index (κ3) is 3.00. The maximum Gasteiger partial charge on any atom is 0.268 e. The number of hydrogen-bond donors (Lipinski definition) is 1. The van der Waals surface area contributed by atoms with Gasteiger partial charge >= 0.3 is 0 Å². The van der Waals surface area contributed by atoms with Crippen LogP contribution in [0.2, 0.25) is 0 Å². The molecule has 1 amide bonds. The summed E-state index contributed by atoms with van der Waals surface area (Å²) in [6.07, 6.45) is 1.68. The highest BCUT2D eigenvalue weighted by molar-refractivity contribution is 9.10. The molecule has 2 heterocycles. The van der Waals surface area contributed by atoms with Gasteiger partial charge in [0.25, 0.3) is 5.91 Å². The van der Waals surface area contributed by atoms with Crippen molar-refractivity contribution in [1.82, 2.24) is 9.88 Å². The maximum atomic E-state index is 12.4. The highest BCUT2D eigenvalue weighted by atomic mass is 79.9. The number of nitrogens with zero attached hydrogens (tertiary/aromatic N) is 1. The molecule has 2 aromatic heterocycles. The summed E-state index contributed by atoms with van der Waals surface area (Å²) in [4.78, 5) is 12.4. The maximum absolute atomic E-state index is 12.4. The van der Waals surface area contributed by atoms with Gasteiger partial charge in [0.2, 0.25) is 0 Å². The van der Waals surface area contributed by atoms with Gasteiger partial charge in [-0.15, -0.1) is 17.9 Å². The molecule has 3 aromatic rings. The van der Waals surface area contributed by atoms with Crippen LogP contribution in [0.25, 0.3) is 10.2 Å². The highest BCUT2D eigenvalue weighted by Crippen LogP contribution is 2.26. The molecule has 0 aliphatic heterocycles. The van der Waals surface area contributed by atoms with Crippen molar-refractivity contribution < 1.29 is 4.79 Å². The number of benzene rings is 1. The number of carbonyl (C=O) groups excluding carboxylic acids is 1. The molecular formula is C17H15BrN2OS. The number of amides is 1. The third-order valence-electron chi connectivity index (χ3n) is 3.42. The molecule has 112 valence electrons. The van der Waals surface area contributed by atoms with E-state index in [1.165, 1.54) is 0 Å². The van der Waals surface area contributed by atoms with Crippen molar-refractivity contribution in [3.8, 4) is 0 Å². The molecule has 1 N–H and O–H groups in total. The number of nitrogens with one attached hydrogen (secondary N) is 1. The van der Waals surface area contributed by atoms with E-state index >= 15 is 0 Å². The first kappa shape index (κ1) is 15.1. The van der Waals surface area contributed by atoms with Crippen LogP contribution in [-0.2, 0) is 6.54 Å². The van der Waals surface area contributed by atoms with Gasteiger partial charge in [0, 0.05) is 17.6 Å². The Labute approximate surface area is 141 Å². The quantitative estimate of drug-likeness (QED) is 0.658. The predicted molar refractivity (Wildman–Crippen MR) is 95.6 cm³/mol. The molecule has 3 nitrogen and oxygen atoms in total. The van der Waals surface area contributed by atoms with E-state index < -0.39 is 0 Å². The SMILES string of the molecule is C=CCNC(=O)c1cc2sccc2n1Cc1ccc(Br)cc1. The van der Waals surface area contributed by atoms with E-state index in [1.807, 2.05) is 23.6 Å². The zero-order valence-corrected chi connectivity index (χ0v) is 14.3. The minimum Gasteiger partial charge on any atom is -0.347 e. The van der Waals surface area contributed by atoms with Gasteiger partial charge in [0.15, 0.2) is 0 Å². The van der Waals surface area contributed by atoms with Crippen molar-refractivity contribution in [2.75, 3.05) is 6.54 Å². The van der Waals surface area contributed by atoms with Crippen LogP contribution in [0.4, 0.5) is 0 Å². The minimum absolute atomic E-state index is 0.0691. The van der Waals surface area contributed by atoms with Crippen molar-refractivity contribution in [3.63, 3.8) is 0 Å². The number of rotatable bonds is 5. The lowest BCUT2D eigenvalue weighted by Crippen LogP contribution is -2.26. The van der Waals surface area contributed by atoms with Crippen molar-refractivity contribution in [1.29, 1.82) is 0 Å². The summed E-state index contributed by atoms with van der Waals surface area (Å²) in [6.45, 7) is 4.77. The van der Waals surface area contributed by atoms with E-state index in [2.05, 4.69) is 50.6 Å². The lowest BCUT2D eigenvalue weighted by Gasteiger charge is -2.10. The molecular weight excluding hydrogens is 360 g/mol. The van der Waals surface area contributed by atoms with Crippen molar-refractivity contribution >= 4 is 43.4 Å². The molecule has 0 spiro atoms. The molecule has 0 fully saturated rings. The van der Waals surface area contributed by atoms with Crippen molar-refractivity contribution in [2.24, 2.45) is 0 Å². The van der Waals surface area contributed by atoms with Gasteiger partial charge in [0.05, 0.1) is 10.2 Å². The molecule has 0 aliphatic rings. The molecule has 0 saturated carbocycles. The van der Waals surface area contributed by atoms with E-state index in [1.54, 1.807) is 17.4 Å². The zero-order valence-electron chi connectivity index (χ0n) is 11.9. The first-order valence-corrected chi connectivity index (χ1v) is 8.56. The van der Waals surface area contributed by atoms with Gasteiger partial charge in [-0.3, -0.25) is 4.79 Å². The summed E-state index contributed by atoms with van der Waals surface area (Å²) in [5.74, 6) is -0.0691. The Balaban J connectivity index is 1.98. The molecule has 1 aromatic carbocycles. The number of halogens is 1. The van der Waals surface area contributed by atoms with Gasteiger partial charge in [-0.2, -0.15) is 0 Å². The first-order chi connectivity index (χ1) is 10.7. The Morgan fingerprint density at radius 1 is 1.32 bits per heavy atom. The topological polar surface area (TPSA) is 34.0 Å². The Hall–Kier alpha value is -1.85. The highest BCUT2D eigenvalue weighted by Gasteiger charge is 2.16. The largest absolute Gasteiger partial charge is 0.347 e. The van der Waals surface area contributed by atoms with Crippen molar-refractivity contribution in [3.05, 3.63) is 70.2 Å². The smallest absolute Gasteiger partial charge is 0.268 e. The van der Waals surface area contributed by atoms with Crippen LogP contribution in [0.1, 0.15) is 16.1 Å². The van der Waals surface area contributed by atoms with E-state index in [0.717, 1.165) is 20.3 Å². The molecule has 5 heteroatoms. The van der Waals surface area contributed by atoms with Gasteiger partial charge in [-0.25, -0.2) is 0 Å². The minimum atomic E-state index is -0.0691. The van der Waals surface area contributed by atoms with Gasteiger partial charge in [-0.1, -0.05) is 34.1 Å². The monoisotopic (exact) mass is 374 g/mol. The van der Waals surface area contributed by atoms with E-state index in [-0.39, 0.29) is 5.91 Å². The second-order valence-electron chi connectivity index (χ2n) is 4.91. The molecule has 0 atom stereocenters. The van der Waals surface area contributed by atoms with Crippen LogP contribution in [0.15, 0.2) is 58.9 Å². The van der Waals surface area contributed by atoms with Crippen LogP contribution in [0, 0.1) is 0 Å². The van der Waals surface area contributed by atoms with E-state index in [9.17, 15) is 4.79 Å². The fourth-order valence-corrected chi connectivity index (χ4v) is 3.45. The molecule has 0 radical (unpaired) electrons. The Kier molecular flexibility index (Phi) is 4.45. The van der Waals surface area contributed by atoms with E-state index in [0.29, 0.717) is 18.8 Å². The third-order valence-corrected chi connectivity index (χ3v) is 4.80. The molecule has 0 aliphatic carbocycles. The summed E-state index contributed by atoms with van der Waals surface area (Å²) < 4.78 is 4.24. The Bertz CT molecular complexity index is 817. The normalized spacial score (nSPS) is 10.8. The Morgan fingerprint density at radius 2 is 2.09 bits per heavy atom. The number of aromatic nitrogens is 1. The number of carbonyl (C=O) groups is 1. The van der Waals surface area contributed by atoms with Gasteiger partial charge < -0.3 is 9.88 Å². The predicted octanol–water partition coefficient (Wildman–Crippen LogP) is 4.43. The number of fused-ring (bicyclic) bond motifs is 1. The summed E-state index contributed by atoms with van der Waals surface area (Å²) in [5, 5.41) is 4.90. The van der Waals surface area contributed by atoms with Gasteiger partial charge in [0.1, 0.15) is 5.69 Å². The first-order valence-electron chi connectivity index (χ1n) is 6.89. The van der Waals surface area contributed by atoms with Crippen LogP contribution in [0.5, 0.6) is 0 Å². The Morgan fingerprint density at radius 3 is 2.82 bits per heavy atom. The summed E-state index contributed by atoms with van der Waals surface area (Å²) in [7, 11) is 0. The fraction of sp³-hybridized carbons (Fsp3) is 0.118. The fourth-order valence-electron chi connectivity index (χ4n) is 2.36. The second-order valence-corrected chi connectivity index (χ2v) is 6.77. The van der Waals surface area contributed by atoms with Gasteiger partial charge in [-0.05, 0) is 35.2 Å². The molecule has 0 saturated heterocycles. The summed E-state index contributed by atoms with van der Waals surface area (Å²) >= 11 is 5.09. The second kappa shape index (κ2) is 6.50. The van der Waals surface area contributed by atoms with Crippen LogP contribution < -0.4 is 5.32 Å². The van der Waals surface area contributed by atoms with Crippen LogP contribution >= 0.6 is 27.3 Å². The number of hydrogen-bond acceptors (Lipinski definition) is 2. The number of thiophene rings is 1. The average Bonchev–Trinajstić information content (AvgIpc) is 3.09. The van der Waals surface area contributed by atoms with Crippen molar-refractivity contribution in [2.45, 2.75) is 6.54 Å². The van der Waals surface area contributed by atoms with Crippen LogP contribution in [-0.4, -0.2) is 17.0 Å². The molecule has 0 bridgehead atoms. The molecule has 3 rings (SSSR count).